The summed E-state index contributed by atoms with van der Waals surface area (Å²) in [5.74, 6) is -0.827. The molecule has 2 aliphatic heterocycles. The quantitative estimate of drug-likeness (QED) is 0.487. The molecule has 0 aliphatic carbocycles. The SMILES string of the molecule is C=C1C[C@H]([C@@H](CC(C)C)N2C(=O)c3ccccc3C2=O)OC1=O. The van der Waals surface area contributed by atoms with Gasteiger partial charge in [0.05, 0.1) is 17.2 Å². The van der Waals surface area contributed by atoms with Crippen LogP contribution in [-0.4, -0.2) is 34.8 Å². The van der Waals surface area contributed by atoms with Gasteiger partial charge in [-0.05, 0) is 24.5 Å². The molecule has 2 amide bonds. The molecule has 1 aromatic rings. The third kappa shape index (κ3) is 2.56. The molecule has 3 rings (SSSR count). The van der Waals surface area contributed by atoms with E-state index in [4.69, 9.17) is 4.74 Å². The van der Waals surface area contributed by atoms with Crippen LogP contribution in [0.3, 0.4) is 0 Å². The zero-order chi connectivity index (χ0) is 16.7. The van der Waals surface area contributed by atoms with E-state index in [9.17, 15) is 14.4 Å². The Morgan fingerprint density at radius 1 is 1.17 bits per heavy atom. The number of carbonyl (C=O) groups is 3. The third-order valence-corrected chi connectivity index (χ3v) is 4.29. The second kappa shape index (κ2) is 5.65. The van der Waals surface area contributed by atoms with Crippen LogP contribution >= 0.6 is 0 Å². The summed E-state index contributed by atoms with van der Waals surface area (Å²) in [6.07, 6.45) is 0.417. The summed E-state index contributed by atoms with van der Waals surface area (Å²) < 4.78 is 5.36. The molecule has 1 aromatic carbocycles. The van der Waals surface area contributed by atoms with Crippen molar-refractivity contribution in [3.63, 3.8) is 0 Å². The van der Waals surface area contributed by atoms with Gasteiger partial charge in [-0.3, -0.25) is 14.5 Å². The first-order chi connectivity index (χ1) is 10.9. The van der Waals surface area contributed by atoms with Crippen molar-refractivity contribution in [2.75, 3.05) is 0 Å². The number of carbonyl (C=O) groups excluding carboxylic acids is 3. The molecule has 0 spiro atoms. The van der Waals surface area contributed by atoms with Crippen LogP contribution in [0.2, 0.25) is 0 Å². The summed E-state index contributed by atoms with van der Waals surface area (Å²) in [5, 5.41) is 0. The molecular weight excluding hydrogens is 294 g/mol. The van der Waals surface area contributed by atoms with E-state index >= 15 is 0 Å². The van der Waals surface area contributed by atoms with Crippen molar-refractivity contribution in [1.82, 2.24) is 4.90 Å². The monoisotopic (exact) mass is 313 g/mol. The summed E-state index contributed by atoms with van der Waals surface area (Å²) in [5.41, 5.74) is 1.21. The lowest BCUT2D eigenvalue weighted by Crippen LogP contribution is -2.47. The summed E-state index contributed by atoms with van der Waals surface area (Å²) in [7, 11) is 0. The molecule has 5 nitrogen and oxygen atoms in total. The topological polar surface area (TPSA) is 63.7 Å². The molecule has 1 fully saturated rings. The van der Waals surface area contributed by atoms with Crippen molar-refractivity contribution in [2.24, 2.45) is 5.92 Å². The van der Waals surface area contributed by atoms with Gasteiger partial charge in [0.15, 0.2) is 0 Å². The fourth-order valence-electron chi connectivity index (χ4n) is 3.22. The van der Waals surface area contributed by atoms with Gasteiger partial charge in [0, 0.05) is 12.0 Å². The average Bonchev–Trinajstić information content (AvgIpc) is 2.96. The lowest BCUT2D eigenvalue weighted by molar-refractivity contribution is -0.141. The zero-order valence-electron chi connectivity index (χ0n) is 13.2. The van der Waals surface area contributed by atoms with Crippen LogP contribution in [0.15, 0.2) is 36.4 Å². The maximum Gasteiger partial charge on any atom is 0.333 e. The number of esters is 1. The molecule has 2 atom stereocenters. The predicted octanol–water partition coefficient (Wildman–Crippen LogP) is 2.57. The van der Waals surface area contributed by atoms with E-state index in [0.717, 1.165) is 0 Å². The minimum Gasteiger partial charge on any atom is -0.456 e. The van der Waals surface area contributed by atoms with E-state index in [2.05, 4.69) is 6.58 Å². The molecule has 120 valence electrons. The van der Waals surface area contributed by atoms with Gasteiger partial charge < -0.3 is 4.74 Å². The Labute approximate surface area is 134 Å². The molecule has 0 saturated carbocycles. The Morgan fingerprint density at radius 2 is 1.74 bits per heavy atom. The van der Waals surface area contributed by atoms with Crippen LogP contribution in [0, 0.1) is 5.92 Å². The minimum atomic E-state index is -0.514. The number of fused-ring (bicyclic) bond motifs is 1. The minimum absolute atomic E-state index is 0.247. The van der Waals surface area contributed by atoms with E-state index in [1.165, 1.54) is 4.90 Å². The van der Waals surface area contributed by atoms with Gasteiger partial charge in [-0.2, -0.15) is 0 Å². The van der Waals surface area contributed by atoms with Crippen LogP contribution in [0.25, 0.3) is 0 Å². The molecule has 5 heteroatoms. The second-order valence-electron chi connectivity index (χ2n) is 6.47. The Kier molecular flexibility index (Phi) is 3.80. The number of rotatable bonds is 4. The third-order valence-electron chi connectivity index (χ3n) is 4.29. The Bertz CT molecular complexity index is 656. The van der Waals surface area contributed by atoms with E-state index in [0.29, 0.717) is 29.5 Å². The highest BCUT2D eigenvalue weighted by Gasteiger charge is 2.46. The average molecular weight is 313 g/mol. The first-order valence-electron chi connectivity index (χ1n) is 7.75. The smallest absolute Gasteiger partial charge is 0.333 e. The van der Waals surface area contributed by atoms with E-state index in [1.54, 1.807) is 24.3 Å². The van der Waals surface area contributed by atoms with Crippen LogP contribution in [0.5, 0.6) is 0 Å². The standard InChI is InChI=1S/C18H19NO4/c1-10(2)8-14(15-9-11(3)18(22)23-15)19-16(20)12-6-4-5-7-13(12)17(19)21/h4-7,10,14-15H,3,8-9H2,1-2H3/t14-,15-/m1/s1. The predicted molar refractivity (Wildman–Crippen MR) is 83.8 cm³/mol. The number of imide groups is 1. The molecule has 0 N–H and O–H groups in total. The number of nitrogens with zero attached hydrogens (tertiary/aromatic N) is 1. The molecular formula is C18H19NO4. The normalized spacial score (nSPS) is 21.9. The van der Waals surface area contributed by atoms with Gasteiger partial charge in [-0.15, -0.1) is 0 Å². The van der Waals surface area contributed by atoms with Crippen molar-refractivity contribution in [2.45, 2.75) is 38.8 Å². The Morgan fingerprint density at radius 3 is 2.17 bits per heavy atom. The lowest BCUT2D eigenvalue weighted by Gasteiger charge is -2.31. The van der Waals surface area contributed by atoms with Crippen molar-refractivity contribution in [3.8, 4) is 0 Å². The zero-order valence-corrected chi connectivity index (χ0v) is 13.2. The molecule has 0 bridgehead atoms. The first kappa shape index (κ1) is 15.5. The van der Waals surface area contributed by atoms with Crippen molar-refractivity contribution >= 4 is 17.8 Å². The molecule has 1 saturated heterocycles. The highest BCUT2D eigenvalue weighted by Crippen LogP contribution is 2.33. The highest BCUT2D eigenvalue weighted by molar-refractivity contribution is 6.21. The molecule has 0 radical (unpaired) electrons. The number of cyclic esters (lactones) is 1. The summed E-state index contributed by atoms with van der Waals surface area (Å²) in [6, 6.07) is 6.32. The van der Waals surface area contributed by atoms with Gasteiger partial charge in [-0.25, -0.2) is 4.79 Å². The van der Waals surface area contributed by atoms with E-state index in [1.807, 2.05) is 13.8 Å². The number of amides is 2. The van der Waals surface area contributed by atoms with Crippen molar-refractivity contribution < 1.29 is 19.1 Å². The second-order valence-corrected chi connectivity index (χ2v) is 6.47. The Balaban J connectivity index is 1.95. The van der Waals surface area contributed by atoms with Crippen molar-refractivity contribution in [1.29, 1.82) is 0 Å². The largest absolute Gasteiger partial charge is 0.456 e. The van der Waals surface area contributed by atoms with Crippen LogP contribution in [0.4, 0.5) is 0 Å². The summed E-state index contributed by atoms with van der Waals surface area (Å²) >= 11 is 0. The van der Waals surface area contributed by atoms with Gasteiger partial charge in [0.1, 0.15) is 6.10 Å². The summed E-state index contributed by atoms with van der Waals surface area (Å²) in [4.78, 5) is 38.3. The summed E-state index contributed by atoms with van der Waals surface area (Å²) in [6.45, 7) is 7.71. The molecule has 23 heavy (non-hydrogen) atoms. The maximum atomic E-state index is 12.7. The first-order valence-corrected chi connectivity index (χ1v) is 7.75. The van der Waals surface area contributed by atoms with E-state index in [-0.39, 0.29) is 17.7 Å². The van der Waals surface area contributed by atoms with Gasteiger partial charge in [0.25, 0.3) is 11.8 Å². The molecule has 2 aliphatic rings. The fourth-order valence-corrected chi connectivity index (χ4v) is 3.22. The molecule has 0 aromatic heterocycles. The van der Waals surface area contributed by atoms with E-state index < -0.39 is 18.1 Å². The number of ether oxygens (including phenoxy) is 1. The van der Waals surface area contributed by atoms with Crippen LogP contribution in [0.1, 0.15) is 47.4 Å². The van der Waals surface area contributed by atoms with Crippen LogP contribution in [-0.2, 0) is 9.53 Å². The van der Waals surface area contributed by atoms with Crippen molar-refractivity contribution in [3.05, 3.63) is 47.5 Å². The van der Waals surface area contributed by atoms with Crippen LogP contribution < -0.4 is 0 Å². The number of hydrogen-bond acceptors (Lipinski definition) is 4. The lowest BCUT2D eigenvalue weighted by atomic mass is 9.95. The van der Waals surface area contributed by atoms with Gasteiger partial charge >= 0.3 is 5.97 Å². The fraction of sp³-hybridized carbons (Fsp3) is 0.389. The number of hydrogen-bond donors (Lipinski definition) is 0. The highest BCUT2D eigenvalue weighted by atomic mass is 16.6. The van der Waals surface area contributed by atoms with Gasteiger partial charge in [0.2, 0.25) is 0 Å². The Hall–Kier alpha value is -2.43. The number of benzene rings is 1. The molecule has 2 heterocycles. The molecule has 0 unspecified atom stereocenters. The maximum absolute atomic E-state index is 12.7. The van der Waals surface area contributed by atoms with Gasteiger partial charge in [-0.1, -0.05) is 32.6 Å².